The van der Waals surface area contributed by atoms with E-state index >= 15 is 0 Å². The zero-order chi connectivity index (χ0) is 13.8. The molecule has 0 aromatic heterocycles. The fourth-order valence-electron chi connectivity index (χ4n) is 2.77. The van der Waals surface area contributed by atoms with Gasteiger partial charge < -0.3 is 4.43 Å². The summed E-state index contributed by atoms with van der Waals surface area (Å²) in [4.78, 5) is 0. The van der Waals surface area contributed by atoms with Gasteiger partial charge in [-0.15, -0.1) is 12.3 Å². The van der Waals surface area contributed by atoms with E-state index in [4.69, 9.17) is 10.8 Å². The van der Waals surface area contributed by atoms with E-state index in [0.717, 1.165) is 6.42 Å². The van der Waals surface area contributed by atoms with Crippen molar-refractivity contribution in [3.05, 3.63) is 23.3 Å². The summed E-state index contributed by atoms with van der Waals surface area (Å²) in [6, 6.07) is 3.59. The Morgan fingerprint density at radius 2 is 1.89 bits per heavy atom. The molecule has 1 unspecified atom stereocenters. The fraction of sp³-hybridized carbons (Fsp3) is 0.625. The van der Waals surface area contributed by atoms with Crippen LogP contribution in [0, 0.1) is 12.3 Å². The summed E-state index contributed by atoms with van der Waals surface area (Å²) in [6.07, 6.45) is 7.31. The van der Waals surface area contributed by atoms with Gasteiger partial charge in [-0.1, -0.05) is 27.4 Å². The summed E-state index contributed by atoms with van der Waals surface area (Å²) >= 11 is 0. The van der Waals surface area contributed by atoms with Gasteiger partial charge in [0.05, 0.1) is 6.10 Å². The predicted octanol–water partition coefficient (Wildman–Crippen LogP) is 4.68. The molecule has 0 saturated carbocycles. The van der Waals surface area contributed by atoms with Gasteiger partial charge in [0.1, 0.15) is 0 Å². The Morgan fingerprint density at radius 3 is 2.33 bits per heavy atom. The SMILES string of the molecule is C#CCC1=C(C)C(O[Si](CC)(CC)CC)CC1=C. The van der Waals surface area contributed by atoms with E-state index in [2.05, 4.69) is 40.2 Å². The van der Waals surface area contributed by atoms with Crippen LogP contribution in [-0.2, 0) is 4.43 Å². The molecule has 0 fully saturated rings. The summed E-state index contributed by atoms with van der Waals surface area (Å²) in [5.74, 6) is 2.73. The molecule has 0 aromatic rings. The van der Waals surface area contributed by atoms with Gasteiger partial charge in [-0.25, -0.2) is 0 Å². The van der Waals surface area contributed by atoms with Crippen LogP contribution in [0.1, 0.15) is 40.5 Å². The summed E-state index contributed by atoms with van der Waals surface area (Å²) in [5, 5.41) is 0. The highest BCUT2D eigenvalue weighted by Gasteiger charge is 2.35. The first-order valence-corrected chi connectivity index (χ1v) is 9.55. The van der Waals surface area contributed by atoms with Crippen molar-refractivity contribution in [3.63, 3.8) is 0 Å². The Balaban J connectivity index is 2.88. The van der Waals surface area contributed by atoms with E-state index in [1.54, 1.807) is 0 Å². The minimum absolute atomic E-state index is 0.243. The van der Waals surface area contributed by atoms with Gasteiger partial charge in [0.15, 0.2) is 8.32 Å². The van der Waals surface area contributed by atoms with E-state index in [0.29, 0.717) is 6.42 Å². The molecule has 0 N–H and O–H groups in total. The van der Waals surface area contributed by atoms with Crippen molar-refractivity contribution >= 4 is 8.32 Å². The molecule has 100 valence electrons. The average molecular weight is 262 g/mol. The quantitative estimate of drug-likeness (QED) is 0.499. The normalized spacial score (nSPS) is 20.4. The lowest BCUT2D eigenvalue weighted by Gasteiger charge is -2.32. The van der Waals surface area contributed by atoms with Gasteiger partial charge in [0.25, 0.3) is 0 Å². The molecule has 0 heterocycles. The molecule has 0 saturated heterocycles. The monoisotopic (exact) mass is 262 g/mol. The van der Waals surface area contributed by atoms with Crippen molar-refractivity contribution in [2.75, 3.05) is 0 Å². The Labute approximate surface area is 113 Å². The summed E-state index contributed by atoms with van der Waals surface area (Å²) in [6.45, 7) is 13.1. The lowest BCUT2D eigenvalue weighted by atomic mass is 10.1. The van der Waals surface area contributed by atoms with E-state index < -0.39 is 8.32 Å². The topological polar surface area (TPSA) is 9.23 Å². The Morgan fingerprint density at radius 1 is 1.33 bits per heavy atom. The number of terminal acetylenes is 1. The van der Waals surface area contributed by atoms with Crippen molar-refractivity contribution in [2.45, 2.75) is 64.8 Å². The maximum atomic E-state index is 6.56. The minimum Gasteiger partial charge on any atom is -0.410 e. The van der Waals surface area contributed by atoms with Crippen LogP contribution in [0.3, 0.4) is 0 Å². The van der Waals surface area contributed by atoms with Crippen LogP contribution in [0.2, 0.25) is 18.1 Å². The molecule has 0 aromatic carbocycles. The second-order valence-electron chi connectivity index (χ2n) is 5.20. The van der Waals surface area contributed by atoms with Crippen molar-refractivity contribution in [3.8, 4) is 12.3 Å². The molecule has 1 atom stereocenters. The standard InChI is InChI=1S/C16H26OSi/c1-7-11-15-13(5)12-16(14(15)6)17-18(8-2,9-3)10-4/h1,16H,5,8-12H2,2-4,6H3. The Kier molecular flexibility index (Phi) is 5.43. The third-order valence-corrected chi connectivity index (χ3v) is 9.07. The molecule has 2 heteroatoms. The highest BCUT2D eigenvalue weighted by Crippen LogP contribution is 2.37. The number of rotatable bonds is 6. The number of hydrogen-bond donors (Lipinski definition) is 0. The first-order valence-electron chi connectivity index (χ1n) is 7.02. The van der Waals surface area contributed by atoms with E-state index in [1.807, 2.05) is 0 Å². The summed E-state index contributed by atoms with van der Waals surface area (Å²) < 4.78 is 6.56. The van der Waals surface area contributed by atoms with Gasteiger partial charge in [-0.3, -0.25) is 0 Å². The van der Waals surface area contributed by atoms with Crippen LogP contribution in [0.25, 0.3) is 0 Å². The van der Waals surface area contributed by atoms with E-state index in [1.165, 1.54) is 34.9 Å². The third-order valence-electron chi connectivity index (χ3n) is 4.42. The predicted molar refractivity (Wildman–Crippen MR) is 82.0 cm³/mol. The molecule has 18 heavy (non-hydrogen) atoms. The van der Waals surface area contributed by atoms with Crippen molar-refractivity contribution < 1.29 is 4.43 Å². The Hall–Kier alpha value is -0.783. The van der Waals surface area contributed by atoms with E-state index in [-0.39, 0.29) is 6.10 Å². The molecule has 1 rings (SSSR count). The third kappa shape index (κ3) is 2.96. The first-order chi connectivity index (χ1) is 8.53. The molecule has 0 bridgehead atoms. The maximum Gasteiger partial charge on any atom is 0.192 e. The van der Waals surface area contributed by atoms with Crippen LogP contribution in [-0.4, -0.2) is 14.4 Å². The molecule has 0 amide bonds. The van der Waals surface area contributed by atoms with Crippen molar-refractivity contribution in [1.82, 2.24) is 0 Å². The van der Waals surface area contributed by atoms with Crippen LogP contribution < -0.4 is 0 Å². The van der Waals surface area contributed by atoms with Crippen molar-refractivity contribution in [2.24, 2.45) is 0 Å². The first kappa shape index (κ1) is 15.3. The molecular formula is C16H26OSi. The second kappa shape index (κ2) is 6.40. The van der Waals surface area contributed by atoms with Crippen LogP contribution in [0.5, 0.6) is 0 Å². The van der Waals surface area contributed by atoms with Crippen LogP contribution >= 0.6 is 0 Å². The smallest absolute Gasteiger partial charge is 0.192 e. The molecule has 1 nitrogen and oxygen atoms in total. The highest BCUT2D eigenvalue weighted by molar-refractivity contribution is 6.73. The average Bonchev–Trinajstić information content (AvgIpc) is 2.64. The zero-order valence-electron chi connectivity index (χ0n) is 12.3. The summed E-state index contributed by atoms with van der Waals surface area (Å²) in [7, 11) is -1.53. The molecule has 0 radical (unpaired) electrons. The van der Waals surface area contributed by atoms with Gasteiger partial charge >= 0.3 is 0 Å². The molecule has 0 aliphatic heterocycles. The fourth-order valence-corrected chi connectivity index (χ4v) is 5.64. The van der Waals surface area contributed by atoms with Gasteiger partial charge in [-0.2, -0.15) is 0 Å². The number of hydrogen-bond acceptors (Lipinski definition) is 1. The molecular weight excluding hydrogens is 236 g/mol. The van der Waals surface area contributed by atoms with Crippen molar-refractivity contribution in [1.29, 1.82) is 0 Å². The molecule has 1 aliphatic carbocycles. The van der Waals surface area contributed by atoms with Gasteiger partial charge in [-0.05, 0) is 41.8 Å². The van der Waals surface area contributed by atoms with Gasteiger partial charge in [0, 0.05) is 12.8 Å². The highest BCUT2D eigenvalue weighted by atomic mass is 28.4. The maximum absolute atomic E-state index is 6.56. The Bertz CT molecular complexity index is 374. The van der Waals surface area contributed by atoms with Gasteiger partial charge in [0.2, 0.25) is 0 Å². The molecule has 1 aliphatic rings. The summed E-state index contributed by atoms with van der Waals surface area (Å²) in [5.41, 5.74) is 3.76. The largest absolute Gasteiger partial charge is 0.410 e. The second-order valence-corrected chi connectivity index (χ2v) is 9.92. The zero-order valence-corrected chi connectivity index (χ0v) is 13.3. The molecule has 0 spiro atoms. The lowest BCUT2D eigenvalue weighted by molar-refractivity contribution is 0.228. The lowest BCUT2D eigenvalue weighted by Crippen LogP contribution is -2.39. The number of allylic oxidation sites excluding steroid dienone is 1. The van der Waals surface area contributed by atoms with E-state index in [9.17, 15) is 0 Å². The minimum atomic E-state index is -1.53. The van der Waals surface area contributed by atoms with Crippen LogP contribution in [0.4, 0.5) is 0 Å². The van der Waals surface area contributed by atoms with Crippen LogP contribution in [0.15, 0.2) is 23.3 Å².